The van der Waals surface area contributed by atoms with Crippen LogP contribution in [0.5, 0.6) is 11.5 Å². The molecular formula is C16H13ClN2O. The molecule has 2 aromatic carbocycles. The van der Waals surface area contributed by atoms with Gasteiger partial charge in [-0.15, -0.1) is 0 Å². The Morgan fingerprint density at radius 1 is 1.05 bits per heavy atom. The average molecular weight is 285 g/mol. The van der Waals surface area contributed by atoms with E-state index in [2.05, 4.69) is 4.98 Å². The number of nitrogens with two attached hydrogens (primary N) is 1. The topological polar surface area (TPSA) is 48.1 Å². The first-order valence-electron chi connectivity index (χ1n) is 6.23. The van der Waals surface area contributed by atoms with Crippen molar-refractivity contribution in [1.29, 1.82) is 0 Å². The van der Waals surface area contributed by atoms with E-state index in [0.29, 0.717) is 22.2 Å². The van der Waals surface area contributed by atoms with Gasteiger partial charge in [-0.05, 0) is 37.3 Å². The van der Waals surface area contributed by atoms with Gasteiger partial charge in [-0.1, -0.05) is 29.8 Å². The summed E-state index contributed by atoms with van der Waals surface area (Å²) in [6.07, 6.45) is 0. The Bertz CT molecular complexity index is 787. The van der Waals surface area contributed by atoms with Crippen LogP contribution in [0, 0.1) is 6.92 Å². The SMILES string of the molecule is Cc1ccc2cccc(Oc3ccc(N)cc3Cl)c2n1. The number of pyridine rings is 1. The fourth-order valence-electron chi connectivity index (χ4n) is 2.02. The van der Waals surface area contributed by atoms with Crippen LogP contribution in [0.25, 0.3) is 10.9 Å². The molecule has 3 nitrogen and oxygen atoms in total. The maximum atomic E-state index is 6.14. The van der Waals surface area contributed by atoms with Crippen LogP contribution in [0.15, 0.2) is 48.5 Å². The van der Waals surface area contributed by atoms with Crippen molar-refractivity contribution in [3.05, 3.63) is 59.2 Å². The molecule has 0 radical (unpaired) electrons. The van der Waals surface area contributed by atoms with Crippen LogP contribution in [0.3, 0.4) is 0 Å². The standard InChI is InChI=1S/C16H13ClN2O/c1-10-5-6-11-3-2-4-15(16(11)19-10)20-14-8-7-12(18)9-13(14)17/h2-9H,18H2,1H3. The molecule has 1 heterocycles. The minimum atomic E-state index is 0.481. The summed E-state index contributed by atoms with van der Waals surface area (Å²) >= 11 is 6.14. The van der Waals surface area contributed by atoms with Crippen molar-refractivity contribution in [1.82, 2.24) is 4.98 Å². The van der Waals surface area contributed by atoms with Crippen LogP contribution in [0.1, 0.15) is 5.69 Å². The Hall–Kier alpha value is -2.26. The number of hydrogen-bond acceptors (Lipinski definition) is 3. The second kappa shape index (κ2) is 5.02. The summed E-state index contributed by atoms with van der Waals surface area (Å²) in [5, 5.41) is 1.51. The molecule has 0 spiro atoms. The third kappa shape index (κ3) is 2.40. The van der Waals surface area contributed by atoms with Gasteiger partial charge in [-0.3, -0.25) is 0 Å². The molecule has 20 heavy (non-hydrogen) atoms. The smallest absolute Gasteiger partial charge is 0.153 e. The number of rotatable bonds is 2. The summed E-state index contributed by atoms with van der Waals surface area (Å²) in [7, 11) is 0. The number of para-hydroxylation sites is 1. The summed E-state index contributed by atoms with van der Waals surface area (Å²) in [5.41, 5.74) is 8.05. The van der Waals surface area contributed by atoms with Gasteiger partial charge in [0.1, 0.15) is 11.3 Å². The summed E-state index contributed by atoms with van der Waals surface area (Å²) in [6, 6.07) is 15.0. The molecule has 4 heteroatoms. The second-order valence-electron chi connectivity index (χ2n) is 4.57. The highest BCUT2D eigenvalue weighted by molar-refractivity contribution is 6.32. The van der Waals surface area contributed by atoms with E-state index in [1.165, 1.54) is 0 Å². The number of aryl methyl sites for hydroxylation is 1. The quantitative estimate of drug-likeness (QED) is 0.701. The van der Waals surface area contributed by atoms with Gasteiger partial charge in [-0.25, -0.2) is 4.98 Å². The van der Waals surface area contributed by atoms with Crippen molar-refractivity contribution in [3.63, 3.8) is 0 Å². The minimum Gasteiger partial charge on any atom is -0.454 e. The van der Waals surface area contributed by atoms with Crippen LogP contribution in [-0.4, -0.2) is 4.98 Å². The van der Waals surface area contributed by atoms with Crippen molar-refractivity contribution >= 4 is 28.2 Å². The highest BCUT2D eigenvalue weighted by atomic mass is 35.5. The van der Waals surface area contributed by atoms with Crippen molar-refractivity contribution in [2.45, 2.75) is 6.92 Å². The molecule has 0 amide bonds. The van der Waals surface area contributed by atoms with Gasteiger partial charge < -0.3 is 10.5 Å². The molecule has 100 valence electrons. The molecule has 0 atom stereocenters. The van der Waals surface area contributed by atoms with Crippen LogP contribution >= 0.6 is 11.6 Å². The first-order chi connectivity index (χ1) is 9.63. The molecule has 0 aliphatic carbocycles. The number of benzene rings is 2. The third-order valence-corrected chi connectivity index (χ3v) is 3.29. The lowest BCUT2D eigenvalue weighted by Crippen LogP contribution is -1.91. The Balaban J connectivity index is 2.08. The van der Waals surface area contributed by atoms with Gasteiger partial charge in [0, 0.05) is 16.8 Å². The lowest BCUT2D eigenvalue weighted by Gasteiger charge is -2.10. The molecule has 3 rings (SSSR count). The molecule has 0 aliphatic rings. The summed E-state index contributed by atoms with van der Waals surface area (Å²) in [5.74, 6) is 1.24. The van der Waals surface area contributed by atoms with E-state index in [1.807, 2.05) is 37.3 Å². The van der Waals surface area contributed by atoms with Crippen molar-refractivity contribution < 1.29 is 4.74 Å². The van der Waals surface area contributed by atoms with Gasteiger partial charge in [0.2, 0.25) is 0 Å². The number of ether oxygens (including phenoxy) is 1. The molecular weight excluding hydrogens is 272 g/mol. The molecule has 0 unspecified atom stereocenters. The predicted octanol–water partition coefficient (Wildman–Crippen LogP) is 4.57. The fraction of sp³-hybridized carbons (Fsp3) is 0.0625. The zero-order chi connectivity index (χ0) is 14.1. The predicted molar refractivity (Wildman–Crippen MR) is 82.4 cm³/mol. The van der Waals surface area contributed by atoms with Gasteiger partial charge in [0.05, 0.1) is 5.02 Å². The Kier molecular flexibility index (Phi) is 3.20. The number of hydrogen-bond donors (Lipinski definition) is 1. The Morgan fingerprint density at radius 2 is 1.90 bits per heavy atom. The maximum absolute atomic E-state index is 6.14. The Morgan fingerprint density at radius 3 is 2.70 bits per heavy atom. The number of nitrogens with zero attached hydrogens (tertiary/aromatic N) is 1. The Labute approximate surface area is 122 Å². The highest BCUT2D eigenvalue weighted by Gasteiger charge is 2.08. The molecule has 0 aliphatic heterocycles. The zero-order valence-corrected chi connectivity index (χ0v) is 11.7. The normalized spacial score (nSPS) is 10.7. The molecule has 0 saturated heterocycles. The second-order valence-corrected chi connectivity index (χ2v) is 4.98. The molecule has 3 aromatic rings. The lowest BCUT2D eigenvalue weighted by molar-refractivity contribution is 0.487. The minimum absolute atomic E-state index is 0.481. The zero-order valence-electron chi connectivity index (χ0n) is 10.9. The van der Waals surface area contributed by atoms with Crippen LogP contribution in [-0.2, 0) is 0 Å². The number of nitrogen functional groups attached to an aromatic ring is 1. The number of anilines is 1. The van der Waals surface area contributed by atoms with Crippen molar-refractivity contribution in [2.75, 3.05) is 5.73 Å². The lowest BCUT2D eigenvalue weighted by atomic mass is 10.2. The first kappa shape index (κ1) is 12.8. The van der Waals surface area contributed by atoms with Gasteiger partial charge >= 0.3 is 0 Å². The van der Waals surface area contributed by atoms with E-state index in [4.69, 9.17) is 22.1 Å². The van der Waals surface area contributed by atoms with E-state index in [-0.39, 0.29) is 0 Å². The van der Waals surface area contributed by atoms with Crippen LogP contribution in [0.2, 0.25) is 5.02 Å². The van der Waals surface area contributed by atoms with E-state index in [9.17, 15) is 0 Å². The van der Waals surface area contributed by atoms with Crippen LogP contribution < -0.4 is 10.5 Å². The highest BCUT2D eigenvalue weighted by Crippen LogP contribution is 2.33. The summed E-state index contributed by atoms with van der Waals surface area (Å²) < 4.78 is 5.88. The van der Waals surface area contributed by atoms with E-state index < -0.39 is 0 Å². The number of aromatic nitrogens is 1. The van der Waals surface area contributed by atoms with E-state index in [1.54, 1.807) is 18.2 Å². The number of fused-ring (bicyclic) bond motifs is 1. The van der Waals surface area contributed by atoms with Gasteiger partial charge in [-0.2, -0.15) is 0 Å². The first-order valence-corrected chi connectivity index (χ1v) is 6.60. The number of halogens is 1. The largest absolute Gasteiger partial charge is 0.454 e. The van der Waals surface area contributed by atoms with Gasteiger partial charge in [0.15, 0.2) is 5.75 Å². The van der Waals surface area contributed by atoms with Crippen molar-refractivity contribution in [2.24, 2.45) is 0 Å². The summed E-state index contributed by atoms with van der Waals surface area (Å²) in [6.45, 7) is 1.95. The summed E-state index contributed by atoms with van der Waals surface area (Å²) in [4.78, 5) is 4.53. The monoisotopic (exact) mass is 284 g/mol. The molecule has 0 fully saturated rings. The third-order valence-electron chi connectivity index (χ3n) is 3.00. The van der Waals surface area contributed by atoms with E-state index in [0.717, 1.165) is 16.6 Å². The maximum Gasteiger partial charge on any atom is 0.153 e. The average Bonchev–Trinajstić information content (AvgIpc) is 2.42. The molecule has 1 aromatic heterocycles. The molecule has 0 saturated carbocycles. The van der Waals surface area contributed by atoms with E-state index >= 15 is 0 Å². The van der Waals surface area contributed by atoms with Crippen molar-refractivity contribution in [3.8, 4) is 11.5 Å². The molecule has 0 bridgehead atoms. The van der Waals surface area contributed by atoms with Gasteiger partial charge in [0.25, 0.3) is 0 Å². The molecule has 2 N–H and O–H groups in total. The fourth-order valence-corrected chi connectivity index (χ4v) is 2.25. The van der Waals surface area contributed by atoms with Crippen LogP contribution in [0.4, 0.5) is 5.69 Å².